The molecule has 1 heterocycles. The van der Waals surface area contributed by atoms with Gasteiger partial charge in [-0.25, -0.2) is 18.1 Å². The first-order valence-electron chi connectivity index (χ1n) is 9.58. The number of nitrogens with one attached hydrogen (secondary N) is 2. The van der Waals surface area contributed by atoms with Crippen molar-refractivity contribution >= 4 is 39.1 Å². The summed E-state index contributed by atoms with van der Waals surface area (Å²) in [5.41, 5.74) is 1.95. The van der Waals surface area contributed by atoms with Crippen LogP contribution < -0.4 is 10.0 Å². The number of hydrogen-bond donors (Lipinski definition) is 2. The van der Waals surface area contributed by atoms with Crippen LogP contribution in [-0.4, -0.2) is 30.4 Å². The van der Waals surface area contributed by atoms with Gasteiger partial charge in [0, 0.05) is 31.0 Å². The van der Waals surface area contributed by atoms with Crippen molar-refractivity contribution in [2.24, 2.45) is 0 Å². The van der Waals surface area contributed by atoms with E-state index in [-0.39, 0.29) is 39.9 Å². The molecule has 0 unspecified atom stereocenters. The van der Waals surface area contributed by atoms with Gasteiger partial charge >= 0.3 is 0 Å². The number of rotatable bonds is 9. The zero-order valence-corrected chi connectivity index (χ0v) is 19.1. The molecule has 0 spiro atoms. The zero-order chi connectivity index (χ0) is 22.4. The Labute approximate surface area is 191 Å². The number of benzene rings is 2. The van der Waals surface area contributed by atoms with E-state index in [0.717, 1.165) is 11.3 Å². The van der Waals surface area contributed by atoms with Crippen molar-refractivity contribution in [1.82, 2.24) is 19.6 Å². The summed E-state index contributed by atoms with van der Waals surface area (Å²) in [5.74, 6) is -0.153. The maximum Gasteiger partial charge on any atom is 0.240 e. The van der Waals surface area contributed by atoms with E-state index in [2.05, 4.69) is 15.0 Å². The van der Waals surface area contributed by atoms with E-state index in [1.807, 2.05) is 42.0 Å². The molecule has 1 atom stereocenters. The smallest absolute Gasteiger partial charge is 0.240 e. The van der Waals surface area contributed by atoms with Crippen LogP contribution in [0.5, 0.6) is 0 Å². The molecule has 0 saturated carbocycles. The summed E-state index contributed by atoms with van der Waals surface area (Å²) in [7, 11) is -3.72. The Hall–Kier alpha value is -2.39. The molecule has 164 valence electrons. The molecule has 10 heteroatoms. The van der Waals surface area contributed by atoms with Crippen LogP contribution >= 0.6 is 23.2 Å². The molecule has 1 amide bonds. The lowest BCUT2D eigenvalue weighted by Crippen LogP contribution is -2.29. The van der Waals surface area contributed by atoms with Gasteiger partial charge in [-0.05, 0) is 49.2 Å². The SMILES string of the molecule is C[C@H](NC(=O)CCCNS(=O)(=O)c1ccc(Cl)c(Cl)c1)c1ccc(-n2ccnc2)cc1. The van der Waals surface area contributed by atoms with Crippen molar-refractivity contribution in [3.63, 3.8) is 0 Å². The third kappa shape index (κ3) is 6.30. The lowest BCUT2D eigenvalue weighted by Gasteiger charge is -2.15. The summed E-state index contributed by atoms with van der Waals surface area (Å²) in [6.07, 6.45) is 5.84. The molecule has 0 fully saturated rings. The number of nitrogens with zero attached hydrogens (tertiary/aromatic N) is 2. The van der Waals surface area contributed by atoms with E-state index >= 15 is 0 Å². The van der Waals surface area contributed by atoms with Crippen LogP contribution in [0.3, 0.4) is 0 Å². The number of halogens is 2. The minimum atomic E-state index is -3.72. The minimum absolute atomic E-state index is 0.0270. The predicted molar refractivity (Wildman–Crippen MR) is 121 cm³/mol. The highest BCUT2D eigenvalue weighted by Gasteiger charge is 2.15. The van der Waals surface area contributed by atoms with Gasteiger partial charge < -0.3 is 9.88 Å². The molecule has 0 aliphatic rings. The molecule has 0 saturated heterocycles. The topological polar surface area (TPSA) is 93.1 Å². The molecule has 0 radical (unpaired) electrons. The first-order valence-corrected chi connectivity index (χ1v) is 11.8. The van der Waals surface area contributed by atoms with Crippen LogP contribution in [0, 0.1) is 0 Å². The highest BCUT2D eigenvalue weighted by Crippen LogP contribution is 2.24. The normalized spacial score (nSPS) is 12.5. The Kier molecular flexibility index (Phi) is 7.72. The second-order valence-electron chi connectivity index (χ2n) is 6.93. The van der Waals surface area contributed by atoms with Gasteiger partial charge in [0.15, 0.2) is 0 Å². The molecule has 3 aromatic rings. The Bertz CT molecular complexity index is 1130. The van der Waals surface area contributed by atoms with E-state index in [1.54, 1.807) is 12.5 Å². The Morgan fingerprint density at radius 3 is 2.52 bits per heavy atom. The molecule has 2 N–H and O–H groups in total. The molecule has 0 aliphatic carbocycles. The third-order valence-corrected chi connectivity index (χ3v) is 6.84. The van der Waals surface area contributed by atoms with Crippen LogP contribution in [0.15, 0.2) is 66.1 Å². The Morgan fingerprint density at radius 1 is 1.13 bits per heavy atom. The second kappa shape index (κ2) is 10.3. The molecular formula is C21H22Cl2N4O3S. The molecule has 0 aliphatic heterocycles. The number of carbonyl (C=O) groups excluding carboxylic acids is 1. The lowest BCUT2D eigenvalue weighted by atomic mass is 10.1. The first kappa shape index (κ1) is 23.3. The second-order valence-corrected chi connectivity index (χ2v) is 9.51. The zero-order valence-electron chi connectivity index (χ0n) is 16.8. The highest BCUT2D eigenvalue weighted by molar-refractivity contribution is 7.89. The fourth-order valence-electron chi connectivity index (χ4n) is 2.93. The Morgan fingerprint density at radius 2 is 1.87 bits per heavy atom. The van der Waals surface area contributed by atoms with Crippen molar-refractivity contribution in [1.29, 1.82) is 0 Å². The summed E-state index contributed by atoms with van der Waals surface area (Å²) >= 11 is 11.7. The predicted octanol–water partition coefficient (Wildman–Crippen LogP) is 4.12. The van der Waals surface area contributed by atoms with E-state index in [1.165, 1.54) is 18.2 Å². The van der Waals surface area contributed by atoms with E-state index in [4.69, 9.17) is 23.2 Å². The summed E-state index contributed by atoms with van der Waals surface area (Å²) in [6.45, 7) is 2.03. The summed E-state index contributed by atoms with van der Waals surface area (Å²) < 4.78 is 29.0. The quantitative estimate of drug-likeness (QED) is 0.450. The van der Waals surface area contributed by atoms with Gasteiger partial charge in [-0.3, -0.25) is 4.79 Å². The highest BCUT2D eigenvalue weighted by atomic mass is 35.5. The van der Waals surface area contributed by atoms with Gasteiger partial charge in [-0.15, -0.1) is 0 Å². The van der Waals surface area contributed by atoms with E-state index in [0.29, 0.717) is 6.42 Å². The van der Waals surface area contributed by atoms with Gasteiger partial charge in [0.25, 0.3) is 0 Å². The molecule has 1 aromatic heterocycles. The van der Waals surface area contributed by atoms with Crippen LogP contribution in [-0.2, 0) is 14.8 Å². The largest absolute Gasteiger partial charge is 0.350 e. The maximum absolute atomic E-state index is 12.3. The van der Waals surface area contributed by atoms with E-state index in [9.17, 15) is 13.2 Å². The molecule has 0 bridgehead atoms. The monoisotopic (exact) mass is 480 g/mol. The number of carbonyl (C=O) groups is 1. The number of aromatic nitrogens is 2. The number of hydrogen-bond acceptors (Lipinski definition) is 4. The van der Waals surface area contributed by atoms with Gasteiger partial charge in [-0.1, -0.05) is 35.3 Å². The average molecular weight is 481 g/mol. The van der Waals surface area contributed by atoms with Crippen LogP contribution in [0.25, 0.3) is 5.69 Å². The number of amides is 1. The van der Waals surface area contributed by atoms with Gasteiger partial charge in [0.2, 0.25) is 15.9 Å². The summed E-state index contributed by atoms with van der Waals surface area (Å²) in [4.78, 5) is 16.3. The molecule has 31 heavy (non-hydrogen) atoms. The van der Waals surface area contributed by atoms with Gasteiger partial charge in [0.1, 0.15) is 0 Å². The van der Waals surface area contributed by atoms with Crippen molar-refractivity contribution in [3.05, 3.63) is 76.8 Å². The van der Waals surface area contributed by atoms with Crippen LogP contribution in [0.1, 0.15) is 31.4 Å². The standard InChI is InChI=1S/C21H22Cl2N4O3S/c1-15(16-4-6-17(7-5-16)27-12-11-24-14-27)26-21(28)3-2-10-25-31(29,30)18-8-9-19(22)20(23)13-18/h4-9,11-15,25H,2-3,10H2,1H3,(H,26,28)/t15-/m0/s1. The number of imidazole rings is 1. The van der Waals surface area contributed by atoms with Gasteiger partial charge in [0.05, 0.1) is 27.3 Å². The molecule has 7 nitrogen and oxygen atoms in total. The first-order chi connectivity index (χ1) is 14.8. The lowest BCUT2D eigenvalue weighted by molar-refractivity contribution is -0.121. The fourth-order valence-corrected chi connectivity index (χ4v) is 4.39. The Balaban J connectivity index is 1.45. The van der Waals surface area contributed by atoms with Crippen LogP contribution in [0.4, 0.5) is 0 Å². The van der Waals surface area contributed by atoms with Crippen molar-refractivity contribution in [3.8, 4) is 5.69 Å². The summed E-state index contributed by atoms with van der Waals surface area (Å²) in [5, 5.41) is 3.37. The van der Waals surface area contributed by atoms with Crippen molar-refractivity contribution < 1.29 is 13.2 Å². The fraction of sp³-hybridized carbons (Fsp3) is 0.238. The molecular weight excluding hydrogens is 459 g/mol. The van der Waals surface area contributed by atoms with Gasteiger partial charge in [-0.2, -0.15) is 0 Å². The third-order valence-electron chi connectivity index (χ3n) is 4.65. The maximum atomic E-state index is 12.3. The number of sulfonamides is 1. The minimum Gasteiger partial charge on any atom is -0.350 e. The molecule has 2 aromatic carbocycles. The molecule has 3 rings (SSSR count). The van der Waals surface area contributed by atoms with E-state index < -0.39 is 10.0 Å². The summed E-state index contributed by atoms with van der Waals surface area (Å²) in [6, 6.07) is 11.7. The van der Waals surface area contributed by atoms with Crippen LogP contribution in [0.2, 0.25) is 10.0 Å². The van der Waals surface area contributed by atoms with Crippen molar-refractivity contribution in [2.45, 2.75) is 30.7 Å². The van der Waals surface area contributed by atoms with Crippen molar-refractivity contribution in [2.75, 3.05) is 6.54 Å². The average Bonchev–Trinajstić information content (AvgIpc) is 3.28.